The van der Waals surface area contributed by atoms with Crippen LogP contribution >= 0.6 is 11.3 Å². The number of ether oxygens (including phenoxy) is 1. The Hall–Kier alpha value is -2.41. The van der Waals surface area contributed by atoms with E-state index < -0.39 is 5.97 Å². The molecule has 1 N–H and O–H groups in total. The summed E-state index contributed by atoms with van der Waals surface area (Å²) in [6.45, 7) is 3.91. The lowest BCUT2D eigenvalue weighted by Crippen LogP contribution is -2.38. The Morgan fingerprint density at radius 2 is 1.96 bits per heavy atom. The maximum atomic E-state index is 12.6. The molecule has 0 aliphatic rings. The van der Waals surface area contributed by atoms with Gasteiger partial charge in [0.15, 0.2) is 0 Å². The first-order valence-electron chi connectivity index (χ1n) is 7.55. The van der Waals surface area contributed by atoms with Crippen LogP contribution in [-0.4, -0.2) is 46.6 Å². The van der Waals surface area contributed by atoms with Gasteiger partial charge in [-0.25, -0.2) is 4.98 Å². The highest BCUT2D eigenvalue weighted by atomic mass is 32.1. The Morgan fingerprint density at radius 3 is 2.50 bits per heavy atom. The zero-order valence-corrected chi connectivity index (χ0v) is 14.7. The molecule has 0 fully saturated rings. The lowest BCUT2D eigenvalue weighted by Gasteiger charge is -2.25. The molecule has 0 atom stereocenters. The standard InChI is InChI=1S/C17H20N2O4S/c1-11(2)19(9-8-15(20)21)17(22)14-10-18-16(24-14)12-4-6-13(23-3)7-5-12/h4-7,10-11H,8-9H2,1-3H3,(H,20,21). The lowest BCUT2D eigenvalue weighted by atomic mass is 10.2. The van der Waals surface area contributed by atoms with Gasteiger partial charge in [-0.3, -0.25) is 9.59 Å². The quantitative estimate of drug-likeness (QED) is 0.831. The molecule has 1 amide bonds. The first-order chi connectivity index (χ1) is 11.4. The predicted molar refractivity (Wildman–Crippen MR) is 92.5 cm³/mol. The van der Waals surface area contributed by atoms with E-state index in [9.17, 15) is 9.59 Å². The molecule has 1 aromatic heterocycles. The third-order valence-corrected chi connectivity index (χ3v) is 4.54. The minimum absolute atomic E-state index is 0.0753. The summed E-state index contributed by atoms with van der Waals surface area (Å²) in [6, 6.07) is 7.37. The van der Waals surface area contributed by atoms with Crippen LogP contribution in [0.25, 0.3) is 10.6 Å². The Morgan fingerprint density at radius 1 is 1.29 bits per heavy atom. The maximum absolute atomic E-state index is 12.6. The average Bonchev–Trinajstić information content (AvgIpc) is 3.04. The first-order valence-corrected chi connectivity index (χ1v) is 8.37. The molecule has 2 rings (SSSR count). The van der Waals surface area contributed by atoms with Gasteiger partial charge in [-0.1, -0.05) is 0 Å². The molecule has 0 spiro atoms. The molecule has 6 nitrogen and oxygen atoms in total. The van der Waals surface area contributed by atoms with Crippen molar-refractivity contribution in [2.45, 2.75) is 26.3 Å². The van der Waals surface area contributed by atoms with Crippen molar-refractivity contribution in [1.82, 2.24) is 9.88 Å². The van der Waals surface area contributed by atoms with Crippen molar-refractivity contribution in [3.8, 4) is 16.3 Å². The second-order valence-electron chi connectivity index (χ2n) is 5.49. The van der Waals surface area contributed by atoms with Crippen LogP contribution in [0.2, 0.25) is 0 Å². The fourth-order valence-corrected chi connectivity index (χ4v) is 3.07. The Kier molecular flexibility index (Phi) is 5.92. The zero-order chi connectivity index (χ0) is 17.7. The largest absolute Gasteiger partial charge is 0.497 e. The summed E-state index contributed by atoms with van der Waals surface area (Å²) >= 11 is 1.30. The number of aromatic nitrogens is 1. The highest BCUT2D eigenvalue weighted by molar-refractivity contribution is 7.16. The summed E-state index contributed by atoms with van der Waals surface area (Å²) in [7, 11) is 1.60. The normalized spacial score (nSPS) is 10.7. The van der Waals surface area contributed by atoms with Crippen LogP contribution in [0.3, 0.4) is 0 Å². The number of hydrogen-bond acceptors (Lipinski definition) is 5. The molecule has 0 radical (unpaired) electrons. The van der Waals surface area contributed by atoms with Crippen LogP contribution in [0.15, 0.2) is 30.5 Å². The molecule has 128 valence electrons. The van der Waals surface area contributed by atoms with Crippen molar-refractivity contribution in [2.24, 2.45) is 0 Å². The van der Waals surface area contributed by atoms with Gasteiger partial charge in [0.1, 0.15) is 15.6 Å². The van der Waals surface area contributed by atoms with Crippen LogP contribution in [0.1, 0.15) is 29.9 Å². The SMILES string of the molecule is COc1ccc(-c2ncc(C(=O)N(CCC(=O)O)C(C)C)s2)cc1. The fraction of sp³-hybridized carbons (Fsp3) is 0.353. The molecule has 0 aliphatic heterocycles. The average molecular weight is 348 g/mol. The summed E-state index contributed by atoms with van der Waals surface area (Å²) in [5.41, 5.74) is 0.904. The van der Waals surface area contributed by atoms with Crippen LogP contribution in [0, 0.1) is 0 Å². The molecular weight excluding hydrogens is 328 g/mol. The fourth-order valence-electron chi connectivity index (χ4n) is 2.19. The van der Waals surface area contributed by atoms with Gasteiger partial charge in [-0.05, 0) is 38.1 Å². The highest BCUT2D eigenvalue weighted by Crippen LogP contribution is 2.27. The third kappa shape index (κ3) is 4.32. The molecule has 0 unspecified atom stereocenters. The molecule has 0 saturated carbocycles. The smallest absolute Gasteiger partial charge is 0.305 e. The van der Waals surface area contributed by atoms with Gasteiger partial charge in [-0.2, -0.15) is 0 Å². The van der Waals surface area contributed by atoms with Crippen molar-refractivity contribution < 1.29 is 19.4 Å². The number of thiazole rings is 1. The van der Waals surface area contributed by atoms with Crippen LogP contribution in [-0.2, 0) is 4.79 Å². The van der Waals surface area contributed by atoms with E-state index in [-0.39, 0.29) is 24.9 Å². The van der Waals surface area contributed by atoms with Crippen LogP contribution in [0.4, 0.5) is 0 Å². The van der Waals surface area contributed by atoms with Crippen molar-refractivity contribution in [3.63, 3.8) is 0 Å². The number of rotatable bonds is 7. The lowest BCUT2D eigenvalue weighted by molar-refractivity contribution is -0.137. The molecule has 2 aromatic rings. The number of hydrogen-bond donors (Lipinski definition) is 1. The Bertz CT molecular complexity index is 710. The highest BCUT2D eigenvalue weighted by Gasteiger charge is 2.22. The van der Waals surface area contributed by atoms with Crippen LogP contribution in [0.5, 0.6) is 5.75 Å². The molecule has 0 bridgehead atoms. The van der Waals surface area contributed by atoms with Gasteiger partial charge < -0.3 is 14.7 Å². The van der Waals surface area contributed by atoms with E-state index in [4.69, 9.17) is 9.84 Å². The van der Waals surface area contributed by atoms with Gasteiger partial charge in [0.25, 0.3) is 5.91 Å². The topological polar surface area (TPSA) is 79.7 Å². The van der Waals surface area contributed by atoms with Gasteiger partial charge in [0.05, 0.1) is 19.7 Å². The summed E-state index contributed by atoms with van der Waals surface area (Å²) in [5, 5.41) is 9.57. The molecular formula is C17H20N2O4S. The van der Waals surface area contributed by atoms with Gasteiger partial charge in [0, 0.05) is 18.2 Å². The summed E-state index contributed by atoms with van der Waals surface area (Å²) in [6.07, 6.45) is 1.47. The minimum Gasteiger partial charge on any atom is -0.497 e. The van der Waals surface area contributed by atoms with E-state index in [1.165, 1.54) is 11.3 Å². The van der Waals surface area contributed by atoms with Crippen molar-refractivity contribution in [2.75, 3.05) is 13.7 Å². The Labute approximate surface area is 144 Å². The van der Waals surface area contributed by atoms with Crippen molar-refractivity contribution in [3.05, 3.63) is 35.3 Å². The second kappa shape index (κ2) is 7.92. The summed E-state index contributed by atoms with van der Waals surface area (Å²) in [5.74, 6) is -0.355. The number of amides is 1. The van der Waals surface area contributed by atoms with E-state index in [1.807, 2.05) is 38.1 Å². The van der Waals surface area contributed by atoms with Gasteiger partial charge in [0.2, 0.25) is 0 Å². The Balaban J connectivity index is 2.17. The number of methoxy groups -OCH3 is 1. The second-order valence-corrected chi connectivity index (χ2v) is 6.52. The predicted octanol–water partition coefficient (Wildman–Crippen LogP) is 3.14. The molecule has 0 aliphatic carbocycles. The van der Waals surface area contributed by atoms with Crippen molar-refractivity contribution >= 4 is 23.2 Å². The van der Waals surface area contributed by atoms with E-state index in [1.54, 1.807) is 18.2 Å². The summed E-state index contributed by atoms with van der Waals surface area (Å²) < 4.78 is 5.13. The molecule has 1 heterocycles. The molecule has 7 heteroatoms. The van der Waals surface area contributed by atoms with Gasteiger partial charge in [-0.15, -0.1) is 11.3 Å². The number of carbonyl (C=O) groups is 2. The number of carbonyl (C=O) groups excluding carboxylic acids is 1. The summed E-state index contributed by atoms with van der Waals surface area (Å²) in [4.78, 5) is 29.8. The number of carboxylic acid groups (broad SMARTS) is 1. The maximum Gasteiger partial charge on any atom is 0.305 e. The third-order valence-electron chi connectivity index (χ3n) is 3.50. The minimum atomic E-state index is -0.920. The number of benzene rings is 1. The van der Waals surface area contributed by atoms with Crippen LogP contribution < -0.4 is 4.74 Å². The van der Waals surface area contributed by atoms with E-state index in [0.717, 1.165) is 16.3 Å². The van der Waals surface area contributed by atoms with Crippen molar-refractivity contribution in [1.29, 1.82) is 0 Å². The number of nitrogens with zero attached hydrogens (tertiary/aromatic N) is 2. The van der Waals surface area contributed by atoms with E-state index >= 15 is 0 Å². The first kappa shape index (κ1) is 17.9. The molecule has 24 heavy (non-hydrogen) atoms. The zero-order valence-electron chi connectivity index (χ0n) is 13.9. The monoisotopic (exact) mass is 348 g/mol. The molecule has 1 aromatic carbocycles. The number of carboxylic acids is 1. The van der Waals surface area contributed by atoms with E-state index in [0.29, 0.717) is 4.88 Å². The van der Waals surface area contributed by atoms with E-state index in [2.05, 4.69) is 4.98 Å². The van der Waals surface area contributed by atoms with Gasteiger partial charge >= 0.3 is 5.97 Å². The number of aliphatic carboxylic acids is 1. The molecule has 0 saturated heterocycles.